The largest absolute Gasteiger partial charge is 0.496 e. The van der Waals surface area contributed by atoms with Crippen LogP contribution in [0.4, 0.5) is 9.18 Å². The second-order valence-corrected chi connectivity index (χ2v) is 11.0. The highest BCUT2D eigenvalue weighted by Gasteiger charge is 2.38. The van der Waals surface area contributed by atoms with Crippen LogP contribution in [0, 0.1) is 5.82 Å². The summed E-state index contributed by atoms with van der Waals surface area (Å²) in [6.07, 6.45) is 0.691. The SMILES string of the molecule is COc1cc2c(cc1C(=O)O)sc1nc(-c3ccc([C@H]4C[C@@H](O)CN4C(=O)OC(C)(C)C)cc3F)cn12. The Balaban J connectivity index is 1.48. The topological polar surface area (TPSA) is 114 Å². The van der Waals surface area contributed by atoms with E-state index < -0.39 is 35.6 Å². The van der Waals surface area contributed by atoms with Gasteiger partial charge in [-0.05, 0) is 51.0 Å². The van der Waals surface area contributed by atoms with Crippen LogP contribution in [0.1, 0.15) is 49.2 Å². The van der Waals surface area contributed by atoms with Crippen LogP contribution in [0.25, 0.3) is 26.4 Å². The number of carbonyl (C=O) groups is 2. The number of carboxylic acids is 1. The highest BCUT2D eigenvalue weighted by Crippen LogP contribution is 2.37. The van der Waals surface area contributed by atoms with Gasteiger partial charge in [-0.25, -0.2) is 19.0 Å². The first-order chi connectivity index (χ1) is 17.4. The molecule has 0 spiro atoms. The Morgan fingerprint density at radius 3 is 2.62 bits per heavy atom. The molecule has 194 valence electrons. The number of halogens is 1. The van der Waals surface area contributed by atoms with Crippen molar-refractivity contribution in [2.75, 3.05) is 13.7 Å². The molecule has 37 heavy (non-hydrogen) atoms. The number of fused-ring (bicyclic) bond motifs is 3. The summed E-state index contributed by atoms with van der Waals surface area (Å²) in [7, 11) is 1.40. The van der Waals surface area contributed by atoms with Crippen molar-refractivity contribution in [2.24, 2.45) is 0 Å². The van der Waals surface area contributed by atoms with E-state index in [1.165, 1.54) is 35.5 Å². The number of hydrogen-bond donors (Lipinski definition) is 2. The molecule has 5 rings (SSSR count). The van der Waals surface area contributed by atoms with E-state index in [2.05, 4.69) is 4.98 Å². The fraction of sp³-hybridized carbons (Fsp3) is 0.346. The summed E-state index contributed by atoms with van der Waals surface area (Å²) in [6.45, 7) is 5.41. The molecule has 0 unspecified atom stereocenters. The van der Waals surface area contributed by atoms with Crippen molar-refractivity contribution >= 4 is 38.6 Å². The van der Waals surface area contributed by atoms with E-state index in [-0.39, 0.29) is 29.8 Å². The lowest BCUT2D eigenvalue weighted by Crippen LogP contribution is -2.37. The summed E-state index contributed by atoms with van der Waals surface area (Å²) in [5.74, 6) is -1.38. The van der Waals surface area contributed by atoms with Gasteiger partial charge in [0.2, 0.25) is 0 Å². The zero-order chi connectivity index (χ0) is 26.6. The number of β-amino-alcohol motifs (C(OH)–C–C–N with tert-alkyl or cyclic N) is 1. The van der Waals surface area contributed by atoms with Crippen LogP contribution < -0.4 is 4.74 Å². The van der Waals surface area contributed by atoms with Gasteiger partial charge in [0.1, 0.15) is 22.7 Å². The summed E-state index contributed by atoms with van der Waals surface area (Å²) in [4.78, 5) is 30.8. The quantitative estimate of drug-likeness (QED) is 0.379. The van der Waals surface area contributed by atoms with E-state index in [4.69, 9.17) is 9.47 Å². The number of aromatic nitrogens is 2. The van der Waals surface area contributed by atoms with Crippen LogP contribution >= 0.6 is 11.3 Å². The molecule has 2 atom stereocenters. The highest BCUT2D eigenvalue weighted by molar-refractivity contribution is 7.23. The van der Waals surface area contributed by atoms with Crippen molar-refractivity contribution in [3.63, 3.8) is 0 Å². The second-order valence-electron chi connectivity index (χ2n) is 9.98. The molecule has 4 aromatic rings. The molecule has 11 heteroatoms. The van der Waals surface area contributed by atoms with Crippen LogP contribution in [0.2, 0.25) is 0 Å². The number of methoxy groups -OCH3 is 1. The van der Waals surface area contributed by atoms with E-state index in [0.717, 1.165) is 0 Å². The Bertz CT molecular complexity index is 1540. The number of aliphatic hydroxyl groups excluding tert-OH is 1. The van der Waals surface area contributed by atoms with Crippen molar-refractivity contribution in [1.82, 2.24) is 14.3 Å². The minimum atomic E-state index is -1.09. The number of ether oxygens (including phenoxy) is 2. The molecule has 0 saturated carbocycles. The van der Waals surface area contributed by atoms with E-state index >= 15 is 4.39 Å². The fourth-order valence-electron chi connectivity index (χ4n) is 4.59. The summed E-state index contributed by atoms with van der Waals surface area (Å²) >= 11 is 1.29. The van der Waals surface area contributed by atoms with E-state index in [1.807, 2.05) is 0 Å². The molecular formula is C26H26FN3O6S. The molecule has 0 bridgehead atoms. The number of rotatable bonds is 4. The lowest BCUT2D eigenvalue weighted by molar-refractivity contribution is 0.0206. The first-order valence-electron chi connectivity index (χ1n) is 11.7. The number of nitrogens with zero attached hydrogens (tertiary/aromatic N) is 3. The highest BCUT2D eigenvalue weighted by atomic mass is 32.1. The van der Waals surface area contributed by atoms with Crippen molar-refractivity contribution in [1.29, 1.82) is 0 Å². The molecule has 1 fully saturated rings. The maximum Gasteiger partial charge on any atom is 0.410 e. The predicted octanol–water partition coefficient (Wildman–Crippen LogP) is 5.10. The summed E-state index contributed by atoms with van der Waals surface area (Å²) in [6, 6.07) is 7.36. The molecule has 2 aromatic carbocycles. The van der Waals surface area contributed by atoms with Gasteiger partial charge in [-0.15, -0.1) is 0 Å². The Morgan fingerprint density at radius 1 is 1.22 bits per heavy atom. The van der Waals surface area contributed by atoms with Crippen molar-refractivity contribution < 1.29 is 33.7 Å². The van der Waals surface area contributed by atoms with Crippen molar-refractivity contribution in [3.05, 3.63) is 53.5 Å². The Kier molecular flexibility index (Phi) is 6.07. The first-order valence-corrected chi connectivity index (χ1v) is 12.5. The standard InChI is InChI=1S/C26H26FN3O6S/c1-26(2,3)36-25(34)30-11-14(31)8-19(30)13-5-6-15(17(27)7-13)18-12-29-20-10-21(35-4)16(23(32)33)9-22(20)37-24(29)28-18/h5-7,9-10,12,14,19,31H,8,11H2,1-4H3,(H,32,33)/t14-,19-/m1/s1. The maximum atomic E-state index is 15.4. The van der Waals surface area contributed by atoms with Gasteiger partial charge >= 0.3 is 12.1 Å². The molecule has 1 amide bonds. The molecule has 9 nitrogen and oxygen atoms in total. The molecule has 1 aliphatic rings. The van der Waals surface area contributed by atoms with Gasteiger partial charge < -0.3 is 19.7 Å². The molecule has 1 aliphatic heterocycles. The Morgan fingerprint density at radius 2 is 1.97 bits per heavy atom. The van der Waals surface area contributed by atoms with Gasteiger partial charge in [-0.1, -0.05) is 17.4 Å². The molecule has 2 N–H and O–H groups in total. The zero-order valence-electron chi connectivity index (χ0n) is 20.7. The van der Waals surface area contributed by atoms with Gasteiger partial charge in [0.25, 0.3) is 0 Å². The number of aromatic carboxylic acids is 1. The summed E-state index contributed by atoms with van der Waals surface area (Å²) < 4.78 is 28.6. The van der Waals surface area contributed by atoms with Gasteiger partial charge in [-0.2, -0.15) is 0 Å². The summed E-state index contributed by atoms with van der Waals surface area (Å²) in [5, 5.41) is 19.6. The first kappa shape index (κ1) is 25.0. The number of amides is 1. The molecule has 0 radical (unpaired) electrons. The van der Waals surface area contributed by atoms with Crippen LogP contribution in [0.3, 0.4) is 0 Å². The molecule has 1 saturated heterocycles. The number of imidazole rings is 1. The lowest BCUT2D eigenvalue weighted by atomic mass is 10.0. The number of hydrogen-bond acceptors (Lipinski definition) is 7. The minimum Gasteiger partial charge on any atom is -0.496 e. The lowest BCUT2D eigenvalue weighted by Gasteiger charge is -2.28. The van der Waals surface area contributed by atoms with E-state index in [9.17, 15) is 19.8 Å². The van der Waals surface area contributed by atoms with Crippen LogP contribution in [-0.2, 0) is 4.74 Å². The molecule has 3 heterocycles. The zero-order valence-corrected chi connectivity index (χ0v) is 21.5. The van der Waals surface area contributed by atoms with Gasteiger partial charge in [-0.3, -0.25) is 9.30 Å². The molecular weight excluding hydrogens is 501 g/mol. The summed E-state index contributed by atoms with van der Waals surface area (Å²) in [5.41, 5.74) is 1.31. The van der Waals surface area contributed by atoms with Crippen molar-refractivity contribution in [2.45, 2.75) is 44.9 Å². The monoisotopic (exact) mass is 527 g/mol. The minimum absolute atomic E-state index is 0.0545. The van der Waals surface area contributed by atoms with Crippen LogP contribution in [0.5, 0.6) is 5.75 Å². The van der Waals surface area contributed by atoms with Crippen LogP contribution in [0.15, 0.2) is 36.5 Å². The number of benzene rings is 2. The van der Waals surface area contributed by atoms with Gasteiger partial charge in [0.05, 0.1) is 41.7 Å². The third kappa shape index (κ3) is 4.60. The number of carboxylic acid groups (broad SMARTS) is 1. The van der Waals surface area contributed by atoms with E-state index in [0.29, 0.717) is 26.4 Å². The van der Waals surface area contributed by atoms with Crippen LogP contribution in [-0.4, -0.2) is 61.9 Å². The number of likely N-dealkylation sites (tertiary alicyclic amines) is 1. The number of aliphatic hydroxyl groups is 1. The van der Waals surface area contributed by atoms with Gasteiger partial charge in [0.15, 0.2) is 4.96 Å². The average molecular weight is 528 g/mol. The van der Waals surface area contributed by atoms with E-state index in [1.54, 1.807) is 49.6 Å². The van der Waals surface area contributed by atoms with Crippen molar-refractivity contribution in [3.8, 4) is 17.0 Å². The predicted molar refractivity (Wildman–Crippen MR) is 136 cm³/mol. The number of thiazole rings is 1. The second kappa shape index (κ2) is 9.00. The van der Waals surface area contributed by atoms with Gasteiger partial charge in [0, 0.05) is 17.8 Å². The smallest absolute Gasteiger partial charge is 0.410 e. The average Bonchev–Trinajstić information content (AvgIpc) is 3.49. The third-order valence-electron chi connectivity index (χ3n) is 6.21. The fourth-order valence-corrected chi connectivity index (χ4v) is 5.62. The molecule has 0 aliphatic carbocycles. The maximum absolute atomic E-state index is 15.4. The Hall–Kier alpha value is -3.70. The number of carbonyl (C=O) groups excluding carboxylic acids is 1. The normalized spacial score (nSPS) is 18.1. The third-order valence-corrected chi connectivity index (χ3v) is 7.22. The Labute approximate surface area is 215 Å². The molecule has 2 aromatic heterocycles.